The molecule has 5 aliphatic rings. The second-order valence-corrected chi connectivity index (χ2v) is 36.0. The Balaban J connectivity index is 0.000000103. The summed E-state index contributed by atoms with van der Waals surface area (Å²) in [4.78, 5) is 109. The molecule has 9 aromatic carbocycles. The van der Waals surface area contributed by atoms with Gasteiger partial charge in [0.05, 0.1) is 118 Å². The smallest absolute Gasteiger partial charge is 0.282 e. The minimum Gasteiger partial charge on any atom is -0.497 e. The van der Waals surface area contributed by atoms with E-state index in [4.69, 9.17) is 27.9 Å². The summed E-state index contributed by atoms with van der Waals surface area (Å²) < 4.78 is 27.8. The van der Waals surface area contributed by atoms with Gasteiger partial charge in [-0.3, -0.25) is 74.4 Å². The lowest BCUT2D eigenvalue weighted by Crippen LogP contribution is -2.44. The zero-order valence-corrected chi connectivity index (χ0v) is 77.8. The van der Waals surface area contributed by atoms with Gasteiger partial charge in [-0.25, -0.2) is 32.8 Å². The highest BCUT2D eigenvalue weighted by atomic mass is 35.5. The number of piperazine rings is 5. The SMILES string of the molecule is CN1CCN(c2cc3ncc4c(=O)n(-c5ccccn5)[nH]c4c3cc2F)CC1.CN1CCN(c2ccc3ncc4c(=O)n(-c5ccc(Cl)cc5)[nH]c4c3c2)CC1.CN1CCN(c2ccc3ncc4c(=O)n(-c5ccccc5)[nH]c4c3c2)CC1.COc1ccc(-n2[nH]c3c(cnc4ccc(N5CCNCC5)cc43)c2=O)cc1.O=c1c2cnc3ccc(N4CCNCC4)cc3c2[nH]n1-c1ccc(Cl)cc1. The lowest BCUT2D eigenvalue weighted by Gasteiger charge is -2.34. The molecule has 0 unspecified atom stereocenters. The average molecular weight is 1890 g/mol. The van der Waals surface area contributed by atoms with Crippen LogP contribution in [0, 0.1) is 5.82 Å². The van der Waals surface area contributed by atoms with Crippen molar-refractivity contribution in [1.82, 2.24) is 104 Å². The van der Waals surface area contributed by atoms with Crippen LogP contribution in [0.5, 0.6) is 5.75 Å². The number of rotatable bonds is 11. The Labute approximate surface area is 798 Å². The summed E-state index contributed by atoms with van der Waals surface area (Å²) in [6, 6.07) is 65.1. The Morgan fingerprint density at radius 1 is 0.290 bits per heavy atom. The van der Waals surface area contributed by atoms with E-state index in [0.29, 0.717) is 64.9 Å². The molecule has 5 saturated heterocycles. The molecule has 0 bridgehead atoms. The van der Waals surface area contributed by atoms with E-state index in [0.717, 1.165) is 242 Å². The van der Waals surface area contributed by atoms with Gasteiger partial charge in [0.15, 0.2) is 5.82 Å². The summed E-state index contributed by atoms with van der Waals surface area (Å²) in [7, 11) is 7.99. The molecule has 0 atom stereocenters. The number of likely N-dealkylation sites (N-methyl/N-ethyl adjacent to an activating group) is 3. The molecular formula is C103H99Cl2FN26O6. The number of para-hydroxylation sites is 1. The highest BCUT2D eigenvalue weighted by molar-refractivity contribution is 6.31. The van der Waals surface area contributed by atoms with Crippen LogP contribution in [0.15, 0.2) is 267 Å². The van der Waals surface area contributed by atoms with Gasteiger partial charge in [0.25, 0.3) is 27.8 Å². The van der Waals surface area contributed by atoms with E-state index in [2.05, 4.69) is 170 Å². The van der Waals surface area contributed by atoms with Crippen molar-refractivity contribution in [3.8, 4) is 34.3 Å². The summed E-state index contributed by atoms with van der Waals surface area (Å²) >= 11 is 12.0. The average Bonchev–Trinajstić information content (AvgIpc) is 1.69. The van der Waals surface area contributed by atoms with Crippen molar-refractivity contribution in [2.45, 2.75) is 0 Å². The molecule has 16 heterocycles. The molecule has 0 radical (unpaired) electrons. The first-order valence-electron chi connectivity index (χ1n) is 46.1. The van der Waals surface area contributed by atoms with Crippen LogP contribution in [0.1, 0.15) is 0 Å². The van der Waals surface area contributed by atoms with Gasteiger partial charge in [-0.05, 0) is 203 Å². The maximum Gasteiger partial charge on any atom is 0.282 e. The fourth-order valence-corrected chi connectivity index (χ4v) is 18.9. The van der Waals surface area contributed by atoms with Gasteiger partial charge in [0, 0.05) is 228 Å². The molecule has 5 fully saturated rings. The Morgan fingerprint density at radius 2 is 0.587 bits per heavy atom. The van der Waals surface area contributed by atoms with Crippen molar-refractivity contribution in [3.63, 3.8) is 0 Å². The molecule has 11 aromatic heterocycles. The van der Waals surface area contributed by atoms with Crippen LogP contribution in [0.25, 0.3) is 138 Å². The fourth-order valence-electron chi connectivity index (χ4n) is 18.7. The topological polar surface area (TPSA) is 326 Å². The number of benzene rings is 9. The number of pyridine rings is 6. The van der Waals surface area contributed by atoms with E-state index < -0.39 is 0 Å². The number of halogens is 3. The zero-order valence-electron chi connectivity index (χ0n) is 76.3. The lowest BCUT2D eigenvalue weighted by molar-refractivity contribution is 0.312. The maximum atomic E-state index is 15.0. The van der Waals surface area contributed by atoms with Gasteiger partial charge in [0.2, 0.25) is 0 Å². The number of H-pyrrole nitrogens is 5. The number of aromatic nitrogens is 16. The molecular weight excluding hydrogens is 1790 g/mol. The van der Waals surface area contributed by atoms with Gasteiger partial charge in [-0.1, -0.05) is 47.5 Å². The highest BCUT2D eigenvalue weighted by Crippen LogP contribution is 2.35. The molecule has 0 saturated carbocycles. The molecule has 138 heavy (non-hydrogen) atoms. The zero-order chi connectivity index (χ0) is 94.3. The lowest BCUT2D eigenvalue weighted by atomic mass is 10.1. The largest absolute Gasteiger partial charge is 0.497 e. The number of nitrogens with one attached hydrogen (secondary N) is 7. The van der Waals surface area contributed by atoms with Crippen LogP contribution in [0.2, 0.25) is 10.0 Å². The first-order chi connectivity index (χ1) is 67.4. The van der Waals surface area contributed by atoms with Gasteiger partial charge >= 0.3 is 0 Å². The standard InChI is InChI=1S/C21H20ClN5O.C21H21N5O2.C21H21N5O.C20H18ClN5O.C20H19FN6O/c1-25-8-10-26(11-9-25)16-6-7-19-17(12-16)20-18(13-23-19)21(28)27(24-20)15-4-2-14(22)3-5-15;1-28-16-5-2-14(3-6-16)26-21(27)18-13-23-19-7-4-15(12-17(19)20(18)24-26)25-10-8-22-9-11-25;1-24-9-11-25(12-10-24)16-7-8-19-17(13-16)20-18(14-22-19)21(27)26(23-20)15-5-3-2-4-6-15;21-13-1-3-14(4-2-13)26-20(27)17-12-23-18-6-5-15(11-16(18)19(17)24-26)25-9-7-22-8-10-25;1-25-6-8-26(9-7-25)17-11-16-13(10-15(17)21)19-14(12-23-16)20(28)27(24-19)18-4-2-3-5-22-18/h2-7,12-13,24H,8-11H2,1H3;2-7,12-13,22,24H,8-11H2,1H3;2-8,13-14,23H,9-12H2,1H3;1-6,11-12,22,24H,7-10H2;2-5,10-12,24H,6-9H2,1H3. The molecule has 32 nitrogen and oxygen atoms in total. The third-order valence-electron chi connectivity index (χ3n) is 26.6. The quantitative estimate of drug-likeness (QED) is 0.0632. The predicted molar refractivity (Wildman–Crippen MR) is 550 cm³/mol. The Kier molecular flexibility index (Phi) is 24.8. The van der Waals surface area contributed by atoms with Crippen LogP contribution in [0.4, 0.5) is 32.8 Å². The summed E-state index contributed by atoms with van der Waals surface area (Å²) in [5.41, 5.74) is 15.6. The number of hydrogen-bond donors (Lipinski definition) is 7. The Bertz CT molecular complexity index is 8250. The van der Waals surface area contributed by atoms with E-state index in [1.807, 2.05) is 108 Å². The first kappa shape index (κ1) is 89.2. The first-order valence-corrected chi connectivity index (χ1v) is 46.8. The van der Waals surface area contributed by atoms with Crippen LogP contribution < -0.4 is 67.7 Å². The fraction of sp³-hybridized carbons (Fsp3) is 0.233. The van der Waals surface area contributed by atoms with E-state index in [1.54, 1.807) is 112 Å². The molecule has 0 amide bonds. The van der Waals surface area contributed by atoms with Crippen molar-refractivity contribution >= 4 is 161 Å². The number of methoxy groups -OCH3 is 1. The van der Waals surface area contributed by atoms with Crippen LogP contribution in [0.3, 0.4) is 0 Å². The summed E-state index contributed by atoms with van der Waals surface area (Å²) in [5, 5.41) is 31.4. The Hall–Kier alpha value is -15.4. The Morgan fingerprint density at radius 3 is 0.935 bits per heavy atom. The minimum atomic E-state index is -0.308. The molecule has 5 aliphatic heterocycles. The third kappa shape index (κ3) is 17.8. The van der Waals surface area contributed by atoms with Crippen LogP contribution >= 0.6 is 23.2 Å². The number of fused-ring (bicyclic) bond motifs is 15. The third-order valence-corrected chi connectivity index (χ3v) is 27.1. The van der Waals surface area contributed by atoms with Crippen LogP contribution in [-0.4, -0.2) is 253 Å². The number of nitrogens with zero attached hydrogens (tertiary/aromatic N) is 19. The molecule has 25 rings (SSSR count). The molecule has 698 valence electrons. The van der Waals surface area contributed by atoms with E-state index in [9.17, 15) is 28.4 Å². The number of anilines is 5. The van der Waals surface area contributed by atoms with Crippen molar-refractivity contribution in [1.29, 1.82) is 0 Å². The van der Waals surface area contributed by atoms with Gasteiger partial charge in [-0.15, -0.1) is 0 Å². The summed E-state index contributed by atoms with van der Waals surface area (Å²) in [6.07, 6.45) is 9.78. The van der Waals surface area contributed by atoms with Crippen LogP contribution in [-0.2, 0) is 0 Å². The van der Waals surface area contributed by atoms with Crippen molar-refractivity contribution in [2.75, 3.05) is 184 Å². The number of aromatic amines is 5. The van der Waals surface area contributed by atoms with Gasteiger partial charge in [0.1, 0.15) is 11.6 Å². The van der Waals surface area contributed by atoms with E-state index in [1.165, 1.54) is 16.4 Å². The van der Waals surface area contributed by atoms with E-state index in [-0.39, 0.29) is 33.6 Å². The van der Waals surface area contributed by atoms with Crippen molar-refractivity contribution in [3.05, 3.63) is 311 Å². The highest BCUT2D eigenvalue weighted by Gasteiger charge is 2.26. The summed E-state index contributed by atoms with van der Waals surface area (Å²) in [5.74, 6) is 0.921. The molecule has 0 aliphatic carbocycles. The number of hydrogen-bond acceptors (Lipinski definition) is 22. The molecule has 7 N–H and O–H groups in total. The maximum absolute atomic E-state index is 15.0. The normalized spacial score (nSPS) is 15.3. The number of ether oxygens (including phenoxy) is 1. The second kappa shape index (κ2) is 38.4. The summed E-state index contributed by atoms with van der Waals surface area (Å²) in [6.45, 7) is 19.3. The van der Waals surface area contributed by atoms with E-state index >= 15 is 0 Å². The molecule has 35 heteroatoms. The van der Waals surface area contributed by atoms with Gasteiger partial charge in [-0.2, -0.15) is 0 Å². The van der Waals surface area contributed by atoms with Gasteiger partial charge < -0.3 is 54.6 Å². The van der Waals surface area contributed by atoms with Crippen molar-refractivity contribution in [2.24, 2.45) is 0 Å². The van der Waals surface area contributed by atoms with Crippen molar-refractivity contribution < 1.29 is 9.13 Å². The second-order valence-electron chi connectivity index (χ2n) is 35.1. The predicted octanol–water partition coefficient (Wildman–Crippen LogP) is 13.3. The minimum absolute atomic E-state index is 0.0735. The molecule has 20 aromatic rings. The monoisotopic (exact) mass is 1880 g/mol. The molecule has 0 spiro atoms.